The van der Waals surface area contributed by atoms with Gasteiger partial charge < -0.3 is 10.5 Å². The van der Waals surface area contributed by atoms with E-state index >= 15 is 0 Å². The van der Waals surface area contributed by atoms with E-state index in [1.807, 2.05) is 0 Å². The van der Waals surface area contributed by atoms with E-state index in [9.17, 15) is 8.42 Å². The zero-order chi connectivity index (χ0) is 12.2. The van der Waals surface area contributed by atoms with Gasteiger partial charge in [0.15, 0.2) is 9.84 Å². The van der Waals surface area contributed by atoms with E-state index in [2.05, 4.69) is 0 Å². The summed E-state index contributed by atoms with van der Waals surface area (Å²) in [6, 6.07) is 5.25. The highest BCUT2D eigenvalue weighted by Crippen LogP contribution is 2.28. The zero-order valence-electron chi connectivity index (χ0n) is 9.56. The van der Waals surface area contributed by atoms with Crippen molar-refractivity contribution in [3.8, 4) is 5.75 Å². The van der Waals surface area contributed by atoms with Gasteiger partial charge in [-0.05, 0) is 31.0 Å². The minimum absolute atomic E-state index is 0.283. The van der Waals surface area contributed by atoms with Gasteiger partial charge in [-0.1, -0.05) is 12.1 Å². The number of benzene rings is 1. The van der Waals surface area contributed by atoms with Crippen LogP contribution in [0.25, 0.3) is 0 Å². The molecule has 0 radical (unpaired) electrons. The van der Waals surface area contributed by atoms with Gasteiger partial charge in [0, 0.05) is 6.26 Å². The average Bonchev–Trinajstić information content (AvgIpc) is 2.24. The van der Waals surface area contributed by atoms with Gasteiger partial charge in [0.2, 0.25) is 0 Å². The lowest BCUT2D eigenvalue weighted by molar-refractivity contribution is 0.401. The Morgan fingerprint density at radius 2 is 2.06 bits per heavy atom. The Hall–Kier alpha value is -1.07. The number of ether oxygens (including phenoxy) is 1. The lowest BCUT2D eigenvalue weighted by Gasteiger charge is -2.11. The van der Waals surface area contributed by atoms with Crippen molar-refractivity contribution in [1.82, 2.24) is 0 Å². The van der Waals surface area contributed by atoms with Crippen LogP contribution in [-0.4, -0.2) is 28.3 Å². The Morgan fingerprint density at radius 3 is 2.56 bits per heavy atom. The monoisotopic (exact) mass is 243 g/mol. The summed E-state index contributed by atoms with van der Waals surface area (Å²) >= 11 is 0. The van der Waals surface area contributed by atoms with Gasteiger partial charge in [-0.2, -0.15) is 0 Å². The average molecular weight is 243 g/mol. The van der Waals surface area contributed by atoms with Crippen LogP contribution in [0.4, 0.5) is 0 Å². The van der Waals surface area contributed by atoms with Gasteiger partial charge in [0.05, 0.1) is 7.11 Å². The number of hydrogen-bond donors (Lipinski definition) is 1. The van der Waals surface area contributed by atoms with Crippen LogP contribution in [0.3, 0.4) is 0 Å². The predicted molar refractivity (Wildman–Crippen MR) is 63.5 cm³/mol. The smallest absolute Gasteiger partial charge is 0.179 e. The molecular formula is C11H17NO3S. The first-order chi connectivity index (χ1) is 7.50. The fourth-order valence-electron chi connectivity index (χ4n) is 1.63. The lowest BCUT2D eigenvalue weighted by atomic mass is 10.1. The van der Waals surface area contributed by atoms with E-state index < -0.39 is 9.84 Å². The SMILES string of the molecule is COc1cccc(CCCN)c1S(C)(=O)=O. The molecule has 0 saturated carbocycles. The number of hydrogen-bond acceptors (Lipinski definition) is 4. The van der Waals surface area contributed by atoms with Crippen molar-refractivity contribution in [2.24, 2.45) is 5.73 Å². The molecule has 0 unspecified atom stereocenters. The zero-order valence-corrected chi connectivity index (χ0v) is 10.4. The third-order valence-corrected chi connectivity index (χ3v) is 3.51. The molecule has 5 heteroatoms. The molecule has 90 valence electrons. The molecule has 0 heterocycles. The largest absolute Gasteiger partial charge is 0.495 e. The second-order valence-electron chi connectivity index (χ2n) is 3.61. The highest BCUT2D eigenvalue weighted by molar-refractivity contribution is 7.90. The summed E-state index contributed by atoms with van der Waals surface area (Å²) < 4.78 is 28.5. The summed E-state index contributed by atoms with van der Waals surface area (Å²) in [5.41, 5.74) is 6.20. The fourth-order valence-corrected chi connectivity index (χ4v) is 2.80. The van der Waals surface area contributed by atoms with Gasteiger partial charge in [0.1, 0.15) is 10.6 Å². The molecule has 0 aromatic heterocycles. The van der Waals surface area contributed by atoms with Crippen LogP contribution in [0.5, 0.6) is 5.75 Å². The highest BCUT2D eigenvalue weighted by Gasteiger charge is 2.18. The maximum Gasteiger partial charge on any atom is 0.179 e. The molecule has 0 amide bonds. The van der Waals surface area contributed by atoms with Crippen LogP contribution >= 0.6 is 0 Å². The van der Waals surface area contributed by atoms with Gasteiger partial charge in [-0.15, -0.1) is 0 Å². The predicted octanol–water partition coefficient (Wildman–Crippen LogP) is 0.990. The lowest BCUT2D eigenvalue weighted by Crippen LogP contribution is -2.07. The van der Waals surface area contributed by atoms with Crippen LogP contribution in [-0.2, 0) is 16.3 Å². The van der Waals surface area contributed by atoms with E-state index in [1.54, 1.807) is 18.2 Å². The van der Waals surface area contributed by atoms with Crippen molar-refractivity contribution in [1.29, 1.82) is 0 Å². The summed E-state index contributed by atoms with van der Waals surface area (Å²) in [4.78, 5) is 0.283. The first kappa shape index (κ1) is 13.0. The van der Waals surface area contributed by atoms with Crippen LogP contribution in [0.2, 0.25) is 0 Å². The van der Waals surface area contributed by atoms with Crippen molar-refractivity contribution < 1.29 is 13.2 Å². The number of sulfone groups is 1. The number of methoxy groups -OCH3 is 1. The van der Waals surface area contributed by atoms with E-state index in [1.165, 1.54) is 13.4 Å². The topological polar surface area (TPSA) is 69.4 Å². The van der Waals surface area contributed by atoms with Crippen molar-refractivity contribution in [3.05, 3.63) is 23.8 Å². The normalized spacial score (nSPS) is 11.4. The first-order valence-corrected chi connectivity index (χ1v) is 6.96. The molecule has 1 rings (SSSR count). The third kappa shape index (κ3) is 2.96. The molecule has 4 nitrogen and oxygen atoms in total. The molecule has 0 bridgehead atoms. The molecule has 1 aromatic rings. The van der Waals surface area contributed by atoms with Gasteiger partial charge >= 0.3 is 0 Å². The van der Waals surface area contributed by atoms with Crippen molar-refractivity contribution >= 4 is 9.84 Å². The van der Waals surface area contributed by atoms with Crippen molar-refractivity contribution in [2.75, 3.05) is 19.9 Å². The second kappa shape index (κ2) is 5.32. The van der Waals surface area contributed by atoms with E-state index in [4.69, 9.17) is 10.5 Å². The fraction of sp³-hybridized carbons (Fsp3) is 0.455. The number of aryl methyl sites for hydroxylation is 1. The number of rotatable bonds is 5. The Balaban J connectivity index is 3.27. The molecule has 0 saturated heterocycles. The molecule has 1 aromatic carbocycles. The molecule has 16 heavy (non-hydrogen) atoms. The summed E-state index contributed by atoms with van der Waals surface area (Å²) in [6.07, 6.45) is 2.60. The van der Waals surface area contributed by atoms with Gasteiger partial charge in [-0.25, -0.2) is 8.42 Å². The highest BCUT2D eigenvalue weighted by atomic mass is 32.2. The van der Waals surface area contributed by atoms with Crippen LogP contribution in [0, 0.1) is 0 Å². The molecule has 0 aliphatic rings. The van der Waals surface area contributed by atoms with E-state index in [0.717, 1.165) is 12.0 Å². The first-order valence-electron chi connectivity index (χ1n) is 5.06. The summed E-state index contributed by atoms with van der Waals surface area (Å²) in [5, 5.41) is 0. The number of nitrogens with two attached hydrogens (primary N) is 1. The molecule has 0 spiro atoms. The Kier molecular flexibility index (Phi) is 4.32. The Labute approximate surface area is 96.3 Å². The van der Waals surface area contributed by atoms with Crippen molar-refractivity contribution in [2.45, 2.75) is 17.7 Å². The Morgan fingerprint density at radius 1 is 1.38 bits per heavy atom. The minimum Gasteiger partial charge on any atom is -0.495 e. The van der Waals surface area contributed by atoms with Gasteiger partial charge in [0.25, 0.3) is 0 Å². The summed E-state index contributed by atoms with van der Waals surface area (Å²) in [7, 11) is -1.80. The van der Waals surface area contributed by atoms with Crippen molar-refractivity contribution in [3.63, 3.8) is 0 Å². The minimum atomic E-state index is -3.27. The molecule has 0 aliphatic carbocycles. The summed E-state index contributed by atoms with van der Waals surface area (Å²) in [6.45, 7) is 0.542. The van der Waals surface area contributed by atoms with Crippen LogP contribution in [0.15, 0.2) is 23.1 Å². The maximum atomic E-state index is 11.7. The molecule has 2 N–H and O–H groups in total. The van der Waals surface area contributed by atoms with Gasteiger partial charge in [-0.3, -0.25) is 0 Å². The molecule has 0 atom stereocenters. The standard InChI is InChI=1S/C11H17NO3S/c1-15-10-7-3-5-9(6-4-8-12)11(10)16(2,13)14/h3,5,7H,4,6,8,12H2,1-2H3. The molecular weight excluding hydrogens is 226 g/mol. The maximum absolute atomic E-state index is 11.7. The quantitative estimate of drug-likeness (QED) is 0.837. The van der Waals surface area contributed by atoms with E-state index in [-0.39, 0.29) is 4.90 Å². The van der Waals surface area contributed by atoms with E-state index in [0.29, 0.717) is 18.7 Å². The Bertz CT molecular complexity index is 454. The third-order valence-electron chi connectivity index (χ3n) is 2.30. The molecule has 0 aliphatic heterocycles. The summed E-state index contributed by atoms with van der Waals surface area (Å²) in [5.74, 6) is 0.400. The van der Waals surface area contributed by atoms with Crippen LogP contribution < -0.4 is 10.5 Å². The molecule has 0 fully saturated rings. The van der Waals surface area contributed by atoms with Crippen LogP contribution in [0.1, 0.15) is 12.0 Å². The second-order valence-corrected chi connectivity index (χ2v) is 5.57.